The zero-order chi connectivity index (χ0) is 40.6. The average Bonchev–Trinajstić information content (AvgIpc) is 3.87. The summed E-state index contributed by atoms with van der Waals surface area (Å²) in [6, 6.07) is 12.8. The molecule has 0 aromatic heterocycles. The number of aliphatic imine (C=N–C) groups is 3. The highest BCUT2D eigenvalue weighted by Crippen LogP contribution is 2.52. The number of rotatable bonds is 13. The number of aliphatic hydroxyl groups is 6. The minimum absolute atomic E-state index is 0.0138. The molecule has 0 amide bonds. The predicted octanol–water partition coefficient (Wildman–Crippen LogP) is 1.44. The van der Waals surface area contributed by atoms with Gasteiger partial charge >= 0.3 is 5.97 Å². The van der Waals surface area contributed by atoms with Crippen LogP contribution >= 0.6 is 0 Å². The fraction of sp³-hybridized carbons (Fsp3) is 0.289. The van der Waals surface area contributed by atoms with Crippen LogP contribution in [0.3, 0.4) is 0 Å². The molecule has 0 bridgehead atoms. The number of aliphatic carboxylic acids is 1. The van der Waals surface area contributed by atoms with Gasteiger partial charge in [-0.25, -0.2) is 14.8 Å². The first-order valence-corrected chi connectivity index (χ1v) is 17.3. The molecule has 0 saturated carbocycles. The van der Waals surface area contributed by atoms with Crippen LogP contribution in [-0.4, -0.2) is 125 Å². The van der Waals surface area contributed by atoms with Gasteiger partial charge in [-0.15, -0.1) is 0 Å². The van der Waals surface area contributed by atoms with Crippen molar-refractivity contribution in [3.8, 4) is 34.5 Å². The molecule has 10 N–H and O–H groups in total. The third kappa shape index (κ3) is 7.87. The molecule has 3 aromatic rings. The number of hydrogen-bond acceptors (Lipinski definition) is 17. The molecule has 8 unspecified atom stereocenters. The molecule has 0 aliphatic carbocycles. The van der Waals surface area contributed by atoms with Crippen LogP contribution in [0.2, 0.25) is 0 Å². The maximum Gasteiger partial charge on any atom is 0.336 e. The third-order valence-corrected chi connectivity index (χ3v) is 9.40. The Hall–Kier alpha value is -6.35. The van der Waals surface area contributed by atoms with Crippen LogP contribution in [0.15, 0.2) is 87.8 Å². The highest BCUT2D eigenvalue weighted by atomic mass is 16.7. The van der Waals surface area contributed by atoms with E-state index in [2.05, 4.69) is 15.0 Å². The van der Waals surface area contributed by atoms with Crippen molar-refractivity contribution < 1.29 is 74.4 Å². The summed E-state index contributed by atoms with van der Waals surface area (Å²) in [7, 11) is 0. The van der Waals surface area contributed by atoms with Crippen molar-refractivity contribution in [2.24, 2.45) is 15.0 Å². The lowest BCUT2D eigenvalue weighted by molar-refractivity contribution is -0.303. The van der Waals surface area contributed by atoms with Crippen LogP contribution in [0.1, 0.15) is 35.5 Å². The summed E-state index contributed by atoms with van der Waals surface area (Å²) in [6.07, 6.45) is -7.65. The lowest BCUT2D eigenvalue weighted by Crippen LogP contribution is -2.69. The van der Waals surface area contributed by atoms with E-state index in [9.17, 15) is 50.8 Å². The summed E-state index contributed by atoms with van der Waals surface area (Å²) < 4.78 is 28.8. The number of nitrogens with one attached hydrogen (secondary N) is 1. The van der Waals surface area contributed by atoms with Gasteiger partial charge in [0.05, 0.1) is 12.3 Å². The SMILES string of the molecule is N=C1C=CC(C(O)COc2ccc(C3C=C(O)c4c(cc(OC5OC(C(=O)O)C(O)(CC6=NC=NC6)C(O)C5O)c(OC(O)c5cccc(O)c5)c4O)O3)cc2)=N1. The van der Waals surface area contributed by atoms with Gasteiger partial charge in [-0.2, -0.15) is 0 Å². The number of phenols is 2. The van der Waals surface area contributed by atoms with Gasteiger partial charge in [0.1, 0.15) is 77.4 Å². The number of carbonyl (C=O) groups is 1. The maximum atomic E-state index is 12.4. The molecule has 1 saturated heterocycles. The van der Waals surface area contributed by atoms with E-state index in [1.54, 1.807) is 24.3 Å². The number of nitrogens with zero attached hydrogens (tertiary/aromatic N) is 3. The van der Waals surface area contributed by atoms with Crippen LogP contribution in [0.25, 0.3) is 5.76 Å². The zero-order valence-electron chi connectivity index (χ0n) is 29.5. The number of carboxylic acid groups (broad SMARTS) is 1. The summed E-state index contributed by atoms with van der Waals surface area (Å²) in [6.45, 7) is -0.135. The third-order valence-electron chi connectivity index (χ3n) is 9.40. The molecule has 0 radical (unpaired) electrons. The van der Waals surface area contributed by atoms with Crippen molar-refractivity contribution in [1.29, 1.82) is 5.41 Å². The largest absolute Gasteiger partial charge is 0.508 e. The Bertz CT molecular complexity index is 2220. The van der Waals surface area contributed by atoms with Crippen molar-refractivity contribution >= 4 is 35.3 Å². The Kier molecular flexibility index (Phi) is 10.7. The lowest BCUT2D eigenvalue weighted by atomic mass is 9.80. The number of aliphatic hydroxyl groups excluding tert-OH is 5. The quantitative estimate of drug-likeness (QED) is 0.110. The van der Waals surface area contributed by atoms with E-state index in [-0.39, 0.29) is 53.0 Å². The first-order valence-electron chi connectivity index (χ1n) is 17.3. The summed E-state index contributed by atoms with van der Waals surface area (Å²) in [5, 5.41) is 105. The molecule has 8 atom stereocenters. The van der Waals surface area contributed by atoms with Crippen LogP contribution < -0.4 is 18.9 Å². The summed E-state index contributed by atoms with van der Waals surface area (Å²) in [5.74, 6) is -4.35. The van der Waals surface area contributed by atoms with E-state index in [1.807, 2.05) is 0 Å². The number of carboxylic acids is 1. The van der Waals surface area contributed by atoms with Crippen LogP contribution in [0.4, 0.5) is 0 Å². The van der Waals surface area contributed by atoms with Gasteiger partial charge in [-0.05, 0) is 42.0 Å². The molecular formula is C38H36N4O15. The van der Waals surface area contributed by atoms with Crippen molar-refractivity contribution in [3.63, 3.8) is 0 Å². The monoisotopic (exact) mass is 788 g/mol. The second-order valence-electron chi connectivity index (χ2n) is 13.3. The second-order valence-corrected chi connectivity index (χ2v) is 13.3. The van der Waals surface area contributed by atoms with Gasteiger partial charge in [0.25, 0.3) is 0 Å². The molecule has 4 heterocycles. The zero-order valence-corrected chi connectivity index (χ0v) is 29.5. The van der Waals surface area contributed by atoms with Crippen molar-refractivity contribution in [3.05, 3.63) is 89.5 Å². The van der Waals surface area contributed by atoms with Crippen molar-refractivity contribution in [1.82, 2.24) is 0 Å². The normalized spacial score (nSPS) is 26.1. The predicted molar refractivity (Wildman–Crippen MR) is 197 cm³/mol. The number of hydrogen-bond donors (Lipinski definition) is 10. The topological polar surface area (TPSA) is 306 Å². The highest BCUT2D eigenvalue weighted by molar-refractivity contribution is 6.15. The Morgan fingerprint density at radius 2 is 1.82 bits per heavy atom. The van der Waals surface area contributed by atoms with Gasteiger partial charge in [0.15, 0.2) is 17.6 Å². The Labute approximate surface area is 322 Å². The van der Waals surface area contributed by atoms with Crippen molar-refractivity contribution in [2.45, 2.75) is 55.1 Å². The molecule has 1 fully saturated rings. The molecule has 298 valence electrons. The van der Waals surface area contributed by atoms with Gasteiger partial charge < -0.3 is 69.6 Å². The minimum atomic E-state index is -2.60. The molecule has 4 aliphatic heterocycles. The standard InChI is InChI=1S/C38H36N4O15/c39-28-9-8-22(42-28)24(45)15-53-21-6-4-17(5-7-21)25-11-23(44)29-26(54-25)12-27(32(30(29)46)56-36(51)18-2-1-3-20(43)10-18)55-37-31(47)33(48)38(52,34(57-37)35(49)50)13-19-14-40-16-41-19/h1-12,16,24-25,31,33-34,36-37,39,43-48,51-52H,13-15H2,(H,49,50). The molecule has 3 aromatic carbocycles. The molecular weight excluding hydrogens is 752 g/mol. The Morgan fingerprint density at radius 3 is 2.49 bits per heavy atom. The van der Waals surface area contributed by atoms with Crippen LogP contribution in [-0.2, 0) is 9.53 Å². The van der Waals surface area contributed by atoms with Crippen LogP contribution in [0.5, 0.6) is 34.5 Å². The lowest BCUT2D eigenvalue weighted by Gasteiger charge is -2.46. The number of phenolic OH excluding ortho intramolecular Hbond substituents is 2. The highest BCUT2D eigenvalue weighted by Gasteiger charge is 2.59. The fourth-order valence-corrected chi connectivity index (χ4v) is 6.51. The average molecular weight is 789 g/mol. The fourth-order valence-electron chi connectivity index (χ4n) is 6.51. The summed E-state index contributed by atoms with van der Waals surface area (Å²) in [4.78, 5) is 24.1. The van der Waals surface area contributed by atoms with Crippen LogP contribution in [0, 0.1) is 5.41 Å². The molecule has 0 spiro atoms. The maximum absolute atomic E-state index is 12.4. The summed E-state index contributed by atoms with van der Waals surface area (Å²) >= 11 is 0. The molecule has 19 heteroatoms. The number of aromatic hydroxyl groups is 2. The van der Waals surface area contributed by atoms with Gasteiger partial charge in [0, 0.05) is 29.8 Å². The van der Waals surface area contributed by atoms with Crippen molar-refractivity contribution in [2.75, 3.05) is 13.2 Å². The molecule has 7 rings (SSSR count). The van der Waals surface area contributed by atoms with Gasteiger partial charge in [-0.1, -0.05) is 24.3 Å². The minimum Gasteiger partial charge on any atom is -0.508 e. The van der Waals surface area contributed by atoms with Gasteiger partial charge in [-0.3, -0.25) is 10.4 Å². The Morgan fingerprint density at radius 1 is 1.05 bits per heavy atom. The number of ether oxygens (including phenoxy) is 5. The van der Waals surface area contributed by atoms with E-state index >= 15 is 0 Å². The first kappa shape index (κ1) is 38.9. The number of amidine groups is 1. The second kappa shape index (κ2) is 15.7. The summed E-state index contributed by atoms with van der Waals surface area (Å²) in [5.41, 5.74) is -1.92. The van der Waals surface area contributed by atoms with E-state index in [0.717, 1.165) is 6.07 Å². The smallest absolute Gasteiger partial charge is 0.336 e. The first-order chi connectivity index (χ1) is 27.2. The molecule has 4 aliphatic rings. The Balaban J connectivity index is 1.18. The van der Waals surface area contributed by atoms with E-state index in [4.69, 9.17) is 29.1 Å². The van der Waals surface area contributed by atoms with Gasteiger partial charge in [0.2, 0.25) is 18.3 Å². The van der Waals surface area contributed by atoms with E-state index in [1.165, 1.54) is 48.8 Å². The number of fused-ring (bicyclic) bond motifs is 1. The number of benzene rings is 3. The molecule has 57 heavy (non-hydrogen) atoms. The molecule has 19 nitrogen and oxygen atoms in total. The van der Waals surface area contributed by atoms with E-state index in [0.29, 0.717) is 11.3 Å². The van der Waals surface area contributed by atoms with E-state index < -0.39 is 84.1 Å².